The van der Waals surface area contributed by atoms with E-state index in [4.69, 9.17) is 4.74 Å². The normalized spacial score (nSPS) is 13.3. The van der Waals surface area contributed by atoms with Crippen molar-refractivity contribution in [3.8, 4) is 5.75 Å². The Kier molecular flexibility index (Phi) is 7.86. The molecule has 0 radical (unpaired) electrons. The number of anilines is 2. The molecule has 4 N–H and O–H groups in total. The summed E-state index contributed by atoms with van der Waals surface area (Å²) in [6.45, 7) is 0.568. The van der Waals surface area contributed by atoms with Crippen molar-refractivity contribution >= 4 is 29.2 Å². The molecular formula is C23H28N4O4. The molecule has 1 saturated carbocycles. The van der Waals surface area contributed by atoms with Crippen LogP contribution >= 0.6 is 0 Å². The minimum absolute atomic E-state index is 0.0497. The molecule has 0 saturated heterocycles. The van der Waals surface area contributed by atoms with Crippen LogP contribution in [0, 0.1) is 5.92 Å². The molecule has 1 aliphatic carbocycles. The lowest BCUT2D eigenvalue weighted by Crippen LogP contribution is -2.36. The Morgan fingerprint density at radius 1 is 0.839 bits per heavy atom. The van der Waals surface area contributed by atoms with Crippen LogP contribution in [0.5, 0.6) is 5.75 Å². The van der Waals surface area contributed by atoms with Gasteiger partial charge < -0.3 is 26.0 Å². The van der Waals surface area contributed by atoms with E-state index in [0.29, 0.717) is 22.7 Å². The predicted molar refractivity (Wildman–Crippen MR) is 119 cm³/mol. The molecule has 31 heavy (non-hydrogen) atoms. The first kappa shape index (κ1) is 22.1. The average Bonchev–Trinajstić information content (AvgIpc) is 3.33. The summed E-state index contributed by atoms with van der Waals surface area (Å²) in [5, 5.41) is 11.0. The third-order valence-corrected chi connectivity index (χ3v) is 5.18. The molecule has 0 bridgehead atoms. The van der Waals surface area contributed by atoms with Gasteiger partial charge in [-0.05, 0) is 61.4 Å². The Labute approximate surface area is 181 Å². The Hall–Kier alpha value is -3.55. The van der Waals surface area contributed by atoms with E-state index in [9.17, 15) is 14.4 Å². The van der Waals surface area contributed by atoms with Crippen molar-refractivity contribution < 1.29 is 19.1 Å². The molecule has 4 amide bonds. The quantitative estimate of drug-likeness (QED) is 0.487. The summed E-state index contributed by atoms with van der Waals surface area (Å²) in [5.41, 5.74) is 1.81. The van der Waals surface area contributed by atoms with Gasteiger partial charge in [-0.3, -0.25) is 9.59 Å². The number of benzene rings is 2. The van der Waals surface area contributed by atoms with Gasteiger partial charge in [0.25, 0.3) is 5.91 Å². The number of amides is 4. The molecule has 1 fully saturated rings. The average molecular weight is 425 g/mol. The molecule has 164 valence electrons. The highest BCUT2D eigenvalue weighted by Crippen LogP contribution is 2.26. The largest absolute Gasteiger partial charge is 0.497 e. The summed E-state index contributed by atoms with van der Waals surface area (Å²) in [5.74, 6) is 0.606. The second-order valence-corrected chi connectivity index (χ2v) is 7.41. The summed E-state index contributed by atoms with van der Waals surface area (Å²) in [7, 11) is 1.58. The number of nitrogens with one attached hydrogen (secondary N) is 4. The minimum atomic E-state index is -0.359. The maximum atomic E-state index is 12.2. The van der Waals surface area contributed by atoms with Crippen molar-refractivity contribution in [1.29, 1.82) is 0 Å². The van der Waals surface area contributed by atoms with E-state index in [2.05, 4.69) is 21.3 Å². The molecule has 1 aliphatic rings. The van der Waals surface area contributed by atoms with Crippen molar-refractivity contribution in [1.82, 2.24) is 10.6 Å². The molecule has 8 heteroatoms. The fourth-order valence-electron chi connectivity index (χ4n) is 3.44. The molecule has 0 spiro atoms. The van der Waals surface area contributed by atoms with Gasteiger partial charge in [0.05, 0.1) is 7.11 Å². The SMILES string of the molecule is COc1ccc(NC(=O)NCCNC(=O)c2ccc(NC(=O)C3CCCC3)cc2)cc1. The number of hydrogen-bond acceptors (Lipinski definition) is 4. The molecule has 8 nitrogen and oxygen atoms in total. The summed E-state index contributed by atoms with van der Waals surface area (Å²) in [4.78, 5) is 36.3. The molecule has 0 aromatic heterocycles. The Morgan fingerprint density at radius 2 is 1.42 bits per heavy atom. The van der Waals surface area contributed by atoms with Crippen LogP contribution in [0.15, 0.2) is 48.5 Å². The van der Waals surface area contributed by atoms with E-state index < -0.39 is 0 Å². The van der Waals surface area contributed by atoms with Gasteiger partial charge in [-0.2, -0.15) is 0 Å². The van der Waals surface area contributed by atoms with Crippen LogP contribution in [-0.4, -0.2) is 38.0 Å². The molecule has 0 unspecified atom stereocenters. The van der Waals surface area contributed by atoms with Crippen molar-refractivity contribution in [2.24, 2.45) is 5.92 Å². The maximum absolute atomic E-state index is 12.2. The summed E-state index contributed by atoms with van der Waals surface area (Å²) in [6.07, 6.45) is 4.10. The lowest BCUT2D eigenvalue weighted by atomic mass is 10.1. The lowest BCUT2D eigenvalue weighted by Gasteiger charge is -2.11. The number of rotatable bonds is 8. The highest BCUT2D eigenvalue weighted by molar-refractivity contribution is 5.96. The topological polar surface area (TPSA) is 109 Å². The van der Waals surface area contributed by atoms with E-state index in [1.807, 2.05) is 0 Å². The third-order valence-electron chi connectivity index (χ3n) is 5.18. The van der Waals surface area contributed by atoms with Crippen molar-refractivity contribution in [3.05, 3.63) is 54.1 Å². The molecule has 0 aliphatic heterocycles. The fourth-order valence-corrected chi connectivity index (χ4v) is 3.44. The van der Waals surface area contributed by atoms with Crippen molar-refractivity contribution in [2.75, 3.05) is 30.8 Å². The summed E-state index contributed by atoms with van der Waals surface area (Å²) < 4.78 is 5.07. The van der Waals surface area contributed by atoms with Crippen LogP contribution in [0.25, 0.3) is 0 Å². The zero-order valence-corrected chi connectivity index (χ0v) is 17.6. The van der Waals surface area contributed by atoms with Gasteiger partial charge in [-0.1, -0.05) is 12.8 Å². The first-order valence-electron chi connectivity index (χ1n) is 10.4. The van der Waals surface area contributed by atoms with Gasteiger partial charge in [0, 0.05) is 35.9 Å². The Morgan fingerprint density at radius 3 is 2.06 bits per heavy atom. The van der Waals surface area contributed by atoms with Crippen molar-refractivity contribution in [3.63, 3.8) is 0 Å². The van der Waals surface area contributed by atoms with Gasteiger partial charge in [0.2, 0.25) is 5.91 Å². The number of carbonyl (C=O) groups is 3. The maximum Gasteiger partial charge on any atom is 0.319 e. The monoisotopic (exact) mass is 424 g/mol. The number of urea groups is 1. The number of hydrogen-bond donors (Lipinski definition) is 4. The number of methoxy groups -OCH3 is 1. The Bertz CT molecular complexity index is 891. The second kappa shape index (κ2) is 11.0. The molecular weight excluding hydrogens is 396 g/mol. The Balaban J connectivity index is 1.36. The molecule has 0 heterocycles. The minimum Gasteiger partial charge on any atom is -0.497 e. The molecule has 2 aromatic rings. The standard InChI is InChI=1S/C23H28N4O4/c1-31-20-12-10-19(11-13-20)27-23(30)25-15-14-24-21(28)17-6-8-18(9-7-17)26-22(29)16-4-2-3-5-16/h6-13,16H,2-5,14-15H2,1H3,(H,24,28)(H,26,29)(H2,25,27,30). The summed E-state index contributed by atoms with van der Waals surface area (Å²) >= 11 is 0. The van der Waals surface area contributed by atoms with Gasteiger partial charge in [0.1, 0.15) is 5.75 Å². The number of carbonyl (C=O) groups excluding carboxylic acids is 3. The van der Waals surface area contributed by atoms with Crippen LogP contribution in [0.4, 0.5) is 16.2 Å². The van der Waals surface area contributed by atoms with Crippen LogP contribution in [0.2, 0.25) is 0 Å². The van der Waals surface area contributed by atoms with Gasteiger partial charge >= 0.3 is 6.03 Å². The first-order chi connectivity index (χ1) is 15.0. The lowest BCUT2D eigenvalue weighted by molar-refractivity contribution is -0.119. The predicted octanol–water partition coefficient (Wildman–Crippen LogP) is 3.38. The second-order valence-electron chi connectivity index (χ2n) is 7.41. The molecule has 0 atom stereocenters. The van der Waals surface area contributed by atoms with Crippen molar-refractivity contribution in [2.45, 2.75) is 25.7 Å². The third kappa shape index (κ3) is 6.74. The van der Waals surface area contributed by atoms with E-state index in [1.165, 1.54) is 0 Å². The zero-order valence-electron chi connectivity index (χ0n) is 17.6. The molecule has 3 rings (SSSR count). The smallest absolute Gasteiger partial charge is 0.319 e. The van der Waals surface area contributed by atoms with E-state index in [1.54, 1.807) is 55.6 Å². The van der Waals surface area contributed by atoms with Crippen LogP contribution in [0.1, 0.15) is 36.0 Å². The number of ether oxygens (including phenoxy) is 1. The van der Waals surface area contributed by atoms with Crippen LogP contribution in [0.3, 0.4) is 0 Å². The highest BCUT2D eigenvalue weighted by atomic mass is 16.5. The first-order valence-corrected chi connectivity index (χ1v) is 10.4. The van der Waals surface area contributed by atoms with E-state index in [0.717, 1.165) is 25.7 Å². The van der Waals surface area contributed by atoms with E-state index in [-0.39, 0.29) is 36.9 Å². The summed E-state index contributed by atoms with van der Waals surface area (Å²) in [6, 6.07) is 13.4. The van der Waals surface area contributed by atoms with Crippen LogP contribution < -0.4 is 26.0 Å². The van der Waals surface area contributed by atoms with Gasteiger partial charge in [-0.15, -0.1) is 0 Å². The van der Waals surface area contributed by atoms with Gasteiger partial charge in [-0.25, -0.2) is 4.79 Å². The van der Waals surface area contributed by atoms with Crippen LogP contribution in [-0.2, 0) is 4.79 Å². The highest BCUT2D eigenvalue weighted by Gasteiger charge is 2.22. The molecule has 2 aromatic carbocycles. The fraction of sp³-hybridized carbons (Fsp3) is 0.348. The zero-order chi connectivity index (χ0) is 22.1. The van der Waals surface area contributed by atoms with Gasteiger partial charge in [0.15, 0.2) is 0 Å². The van der Waals surface area contributed by atoms with E-state index >= 15 is 0 Å².